The van der Waals surface area contributed by atoms with E-state index in [9.17, 15) is 14.0 Å². The zero-order chi connectivity index (χ0) is 18.0. The molecule has 1 heterocycles. The predicted molar refractivity (Wildman–Crippen MR) is 93.9 cm³/mol. The first kappa shape index (κ1) is 17.0. The van der Waals surface area contributed by atoms with E-state index in [-0.39, 0.29) is 23.1 Å². The lowest BCUT2D eigenvalue weighted by Gasteiger charge is -2.28. The summed E-state index contributed by atoms with van der Waals surface area (Å²) in [5.74, 6) is -1.09. The summed E-state index contributed by atoms with van der Waals surface area (Å²) in [5.41, 5.74) is 0.654. The molecule has 1 N–H and O–H groups in total. The van der Waals surface area contributed by atoms with Crippen molar-refractivity contribution < 1.29 is 18.7 Å². The van der Waals surface area contributed by atoms with E-state index >= 15 is 0 Å². The molecule has 7 heteroatoms. The van der Waals surface area contributed by atoms with Crippen LogP contribution >= 0.6 is 11.6 Å². The van der Waals surface area contributed by atoms with E-state index in [0.717, 1.165) is 6.07 Å². The fraction of sp³-hybridized carbons (Fsp3) is 0.111. The minimum absolute atomic E-state index is 0.0160. The Kier molecular flexibility index (Phi) is 4.72. The lowest BCUT2D eigenvalue weighted by molar-refractivity contribution is -0.121. The Morgan fingerprint density at radius 3 is 2.92 bits per heavy atom. The van der Waals surface area contributed by atoms with Crippen molar-refractivity contribution in [2.45, 2.75) is 0 Å². The molecule has 1 aliphatic rings. The highest BCUT2D eigenvalue weighted by Gasteiger charge is 2.25. The number of carbonyl (C=O) groups excluding carboxylic acids is 2. The standard InChI is InChI=1S/C18H14ClFN2O3/c1-2-8-22-14-9-11(6-7-15(14)25-10-16(22)23)21-18(24)17-12(19)4-3-5-13(17)20/h2-7,9H,1,8,10H2,(H,21,24). The molecule has 2 amide bonds. The molecule has 0 bridgehead atoms. The van der Waals surface area contributed by atoms with E-state index in [0.29, 0.717) is 23.7 Å². The topological polar surface area (TPSA) is 58.6 Å². The van der Waals surface area contributed by atoms with Gasteiger partial charge < -0.3 is 15.0 Å². The van der Waals surface area contributed by atoms with Crippen LogP contribution in [0, 0.1) is 5.82 Å². The Morgan fingerprint density at radius 1 is 1.40 bits per heavy atom. The fourth-order valence-electron chi connectivity index (χ4n) is 2.52. The Morgan fingerprint density at radius 2 is 2.20 bits per heavy atom. The van der Waals surface area contributed by atoms with Crippen LogP contribution in [0.5, 0.6) is 5.75 Å². The lowest BCUT2D eigenvalue weighted by Crippen LogP contribution is -2.38. The molecule has 0 aliphatic carbocycles. The van der Waals surface area contributed by atoms with Gasteiger partial charge in [-0.1, -0.05) is 23.7 Å². The number of hydrogen-bond acceptors (Lipinski definition) is 3. The maximum Gasteiger partial charge on any atom is 0.265 e. The molecule has 0 aromatic heterocycles. The normalized spacial score (nSPS) is 13.0. The Bertz CT molecular complexity index is 849. The summed E-state index contributed by atoms with van der Waals surface area (Å²) in [6.07, 6.45) is 1.59. The van der Waals surface area contributed by atoms with Crippen molar-refractivity contribution in [3.63, 3.8) is 0 Å². The van der Waals surface area contributed by atoms with E-state index in [2.05, 4.69) is 11.9 Å². The van der Waals surface area contributed by atoms with Crippen molar-refractivity contribution in [2.24, 2.45) is 0 Å². The Balaban J connectivity index is 1.91. The van der Waals surface area contributed by atoms with Gasteiger partial charge in [0.05, 0.1) is 16.3 Å². The van der Waals surface area contributed by atoms with Crippen molar-refractivity contribution in [2.75, 3.05) is 23.4 Å². The molecule has 25 heavy (non-hydrogen) atoms. The van der Waals surface area contributed by atoms with Crippen molar-refractivity contribution in [1.82, 2.24) is 0 Å². The molecule has 0 saturated heterocycles. The maximum absolute atomic E-state index is 13.9. The number of benzene rings is 2. The third kappa shape index (κ3) is 3.34. The van der Waals surface area contributed by atoms with Gasteiger partial charge in [0.2, 0.25) is 0 Å². The number of fused-ring (bicyclic) bond motifs is 1. The van der Waals surface area contributed by atoms with Gasteiger partial charge in [0, 0.05) is 12.2 Å². The molecule has 2 aromatic carbocycles. The minimum Gasteiger partial charge on any atom is -0.482 e. The van der Waals surface area contributed by atoms with Crippen LogP contribution in [-0.2, 0) is 4.79 Å². The SMILES string of the molecule is C=CCN1C(=O)COc2ccc(NC(=O)c3c(F)cccc3Cl)cc21. The van der Waals surface area contributed by atoms with E-state index in [1.807, 2.05) is 0 Å². The van der Waals surface area contributed by atoms with Crippen molar-refractivity contribution >= 4 is 34.8 Å². The van der Waals surface area contributed by atoms with Gasteiger partial charge in [-0.05, 0) is 30.3 Å². The number of carbonyl (C=O) groups is 2. The van der Waals surface area contributed by atoms with Crippen LogP contribution in [0.2, 0.25) is 5.02 Å². The second-order valence-electron chi connectivity index (χ2n) is 5.31. The first-order valence-electron chi connectivity index (χ1n) is 7.44. The highest BCUT2D eigenvalue weighted by molar-refractivity contribution is 6.34. The zero-order valence-corrected chi connectivity index (χ0v) is 13.8. The van der Waals surface area contributed by atoms with Gasteiger partial charge in [-0.3, -0.25) is 9.59 Å². The van der Waals surface area contributed by atoms with Crippen LogP contribution in [0.3, 0.4) is 0 Å². The number of halogens is 2. The third-order valence-electron chi connectivity index (χ3n) is 3.66. The molecule has 0 saturated carbocycles. The lowest BCUT2D eigenvalue weighted by atomic mass is 10.1. The molecular weight excluding hydrogens is 347 g/mol. The number of amides is 2. The Labute approximate surface area is 148 Å². The molecule has 5 nitrogen and oxygen atoms in total. The number of hydrogen-bond donors (Lipinski definition) is 1. The molecule has 0 unspecified atom stereocenters. The molecular formula is C18H14ClFN2O3. The average molecular weight is 361 g/mol. The molecule has 3 rings (SSSR count). The summed E-state index contributed by atoms with van der Waals surface area (Å²) in [6.45, 7) is 3.88. The maximum atomic E-state index is 13.9. The molecule has 0 radical (unpaired) electrons. The minimum atomic E-state index is -0.713. The van der Waals surface area contributed by atoms with E-state index < -0.39 is 11.7 Å². The number of anilines is 2. The molecule has 0 atom stereocenters. The van der Waals surface area contributed by atoms with Gasteiger partial charge in [0.25, 0.3) is 11.8 Å². The number of nitrogens with zero attached hydrogens (tertiary/aromatic N) is 1. The second-order valence-corrected chi connectivity index (χ2v) is 5.72. The molecule has 128 valence electrons. The zero-order valence-electron chi connectivity index (χ0n) is 13.1. The largest absolute Gasteiger partial charge is 0.482 e. The summed E-state index contributed by atoms with van der Waals surface area (Å²) >= 11 is 5.90. The van der Waals surface area contributed by atoms with E-state index in [4.69, 9.17) is 16.3 Å². The van der Waals surface area contributed by atoms with Gasteiger partial charge in [-0.25, -0.2) is 4.39 Å². The van der Waals surface area contributed by atoms with E-state index in [1.54, 1.807) is 24.3 Å². The number of ether oxygens (including phenoxy) is 1. The van der Waals surface area contributed by atoms with Gasteiger partial charge in [-0.2, -0.15) is 0 Å². The van der Waals surface area contributed by atoms with Gasteiger partial charge in [0.1, 0.15) is 11.6 Å². The summed E-state index contributed by atoms with van der Waals surface area (Å²) in [5, 5.41) is 2.60. The van der Waals surface area contributed by atoms with Crippen LogP contribution in [0.1, 0.15) is 10.4 Å². The summed E-state index contributed by atoms with van der Waals surface area (Å²) < 4.78 is 19.2. The highest BCUT2D eigenvalue weighted by Crippen LogP contribution is 2.34. The smallest absolute Gasteiger partial charge is 0.265 e. The summed E-state index contributed by atoms with van der Waals surface area (Å²) in [4.78, 5) is 25.8. The number of rotatable bonds is 4. The number of nitrogens with one attached hydrogen (secondary N) is 1. The van der Waals surface area contributed by atoms with Gasteiger partial charge in [-0.15, -0.1) is 6.58 Å². The summed E-state index contributed by atoms with van der Waals surface area (Å²) in [7, 11) is 0. The van der Waals surface area contributed by atoms with Crippen LogP contribution in [0.25, 0.3) is 0 Å². The molecule has 0 fully saturated rings. The summed E-state index contributed by atoms with van der Waals surface area (Å²) in [6, 6.07) is 8.84. The van der Waals surface area contributed by atoms with Crippen LogP contribution in [0.15, 0.2) is 49.1 Å². The van der Waals surface area contributed by atoms with Gasteiger partial charge in [0.15, 0.2) is 6.61 Å². The first-order chi connectivity index (χ1) is 12.0. The molecule has 1 aliphatic heterocycles. The van der Waals surface area contributed by atoms with Crippen molar-refractivity contribution in [1.29, 1.82) is 0 Å². The van der Waals surface area contributed by atoms with Crippen LogP contribution < -0.4 is 15.0 Å². The van der Waals surface area contributed by atoms with E-state index in [1.165, 1.54) is 17.0 Å². The van der Waals surface area contributed by atoms with Crippen molar-refractivity contribution in [3.05, 3.63) is 65.5 Å². The quantitative estimate of drug-likeness (QED) is 0.847. The fourth-order valence-corrected chi connectivity index (χ4v) is 2.77. The predicted octanol–water partition coefficient (Wildman–Crippen LogP) is 3.64. The Hall–Kier alpha value is -2.86. The highest BCUT2D eigenvalue weighted by atomic mass is 35.5. The molecule has 0 spiro atoms. The van der Waals surface area contributed by atoms with Gasteiger partial charge >= 0.3 is 0 Å². The molecule has 2 aromatic rings. The first-order valence-corrected chi connectivity index (χ1v) is 7.82. The van der Waals surface area contributed by atoms with Crippen molar-refractivity contribution in [3.8, 4) is 5.75 Å². The average Bonchev–Trinajstić information content (AvgIpc) is 2.57. The third-order valence-corrected chi connectivity index (χ3v) is 3.98. The second kappa shape index (κ2) is 6.94. The monoisotopic (exact) mass is 360 g/mol. The van der Waals surface area contributed by atoms with Crippen LogP contribution in [-0.4, -0.2) is 25.0 Å². The van der Waals surface area contributed by atoms with Crippen LogP contribution in [0.4, 0.5) is 15.8 Å².